The molecule has 0 aliphatic carbocycles. The Morgan fingerprint density at radius 2 is 2.17 bits per heavy atom. The second kappa shape index (κ2) is 6.24. The Kier molecular flexibility index (Phi) is 4.90. The predicted molar refractivity (Wildman–Crippen MR) is 85.1 cm³/mol. The highest BCUT2D eigenvalue weighted by atomic mass is 127. The van der Waals surface area contributed by atoms with Crippen LogP contribution in [0.2, 0.25) is 0 Å². The Bertz CT molecular complexity index is 405. The average molecular weight is 359 g/mol. The molecule has 1 aliphatic heterocycles. The maximum absolute atomic E-state index is 5.82. The summed E-state index contributed by atoms with van der Waals surface area (Å²) in [5.41, 5.74) is 2.60. The summed E-state index contributed by atoms with van der Waals surface area (Å²) in [4.78, 5) is 0. The molecule has 3 heteroatoms. The van der Waals surface area contributed by atoms with Crippen LogP contribution in [0, 0.1) is 16.4 Å². The van der Waals surface area contributed by atoms with E-state index in [0.717, 1.165) is 19.4 Å². The van der Waals surface area contributed by atoms with Crippen LogP contribution in [0.3, 0.4) is 0 Å². The SMILES string of the molecule is Cc1ccc(I)cc1NC1CCOC(C(C)C)C1. The Labute approximate surface area is 124 Å². The largest absolute Gasteiger partial charge is 0.382 e. The monoisotopic (exact) mass is 359 g/mol. The summed E-state index contributed by atoms with van der Waals surface area (Å²) in [7, 11) is 0. The van der Waals surface area contributed by atoms with E-state index in [0.29, 0.717) is 18.1 Å². The lowest BCUT2D eigenvalue weighted by Crippen LogP contribution is -2.36. The van der Waals surface area contributed by atoms with Gasteiger partial charge in [-0.25, -0.2) is 0 Å². The number of ether oxygens (including phenoxy) is 1. The number of hydrogen-bond donors (Lipinski definition) is 1. The number of halogens is 1. The molecule has 0 radical (unpaired) electrons. The first-order valence-electron chi connectivity index (χ1n) is 6.70. The summed E-state index contributed by atoms with van der Waals surface area (Å²) < 4.78 is 7.11. The normalized spacial score (nSPS) is 24.3. The van der Waals surface area contributed by atoms with Crippen LogP contribution in [0.25, 0.3) is 0 Å². The molecule has 2 rings (SSSR count). The molecule has 2 nitrogen and oxygen atoms in total. The van der Waals surface area contributed by atoms with E-state index in [4.69, 9.17) is 4.74 Å². The van der Waals surface area contributed by atoms with Crippen molar-refractivity contribution in [3.8, 4) is 0 Å². The molecule has 2 atom stereocenters. The zero-order valence-corrected chi connectivity index (χ0v) is 13.5. The van der Waals surface area contributed by atoms with E-state index in [1.54, 1.807) is 0 Å². The van der Waals surface area contributed by atoms with Gasteiger partial charge in [-0.15, -0.1) is 0 Å². The summed E-state index contributed by atoms with van der Waals surface area (Å²) in [5.74, 6) is 0.603. The maximum atomic E-state index is 5.82. The van der Waals surface area contributed by atoms with E-state index in [1.165, 1.54) is 14.8 Å². The molecule has 2 unspecified atom stereocenters. The van der Waals surface area contributed by atoms with Crippen molar-refractivity contribution in [2.75, 3.05) is 11.9 Å². The van der Waals surface area contributed by atoms with Crippen LogP contribution in [0.15, 0.2) is 18.2 Å². The maximum Gasteiger partial charge on any atom is 0.0617 e. The lowest BCUT2D eigenvalue weighted by molar-refractivity contribution is -0.0160. The fourth-order valence-electron chi connectivity index (χ4n) is 2.39. The Balaban J connectivity index is 2.02. The number of benzene rings is 1. The number of nitrogens with one attached hydrogen (secondary N) is 1. The Hall–Kier alpha value is -0.290. The quantitative estimate of drug-likeness (QED) is 0.817. The Morgan fingerprint density at radius 1 is 1.39 bits per heavy atom. The van der Waals surface area contributed by atoms with Crippen molar-refractivity contribution < 1.29 is 4.74 Å². The summed E-state index contributed by atoms with van der Waals surface area (Å²) in [5, 5.41) is 3.69. The van der Waals surface area contributed by atoms with E-state index >= 15 is 0 Å². The number of aryl methyl sites for hydroxylation is 1. The van der Waals surface area contributed by atoms with Crippen molar-refractivity contribution in [1.29, 1.82) is 0 Å². The highest BCUT2D eigenvalue weighted by Crippen LogP contribution is 2.25. The minimum atomic E-state index is 0.402. The van der Waals surface area contributed by atoms with E-state index < -0.39 is 0 Å². The van der Waals surface area contributed by atoms with Gasteiger partial charge in [0.15, 0.2) is 0 Å². The number of anilines is 1. The van der Waals surface area contributed by atoms with Crippen molar-refractivity contribution in [3.05, 3.63) is 27.3 Å². The van der Waals surface area contributed by atoms with E-state index in [9.17, 15) is 0 Å². The smallest absolute Gasteiger partial charge is 0.0617 e. The van der Waals surface area contributed by atoms with Crippen LogP contribution in [-0.2, 0) is 4.74 Å². The van der Waals surface area contributed by atoms with E-state index in [2.05, 4.69) is 66.9 Å². The third-order valence-electron chi connectivity index (χ3n) is 3.62. The van der Waals surface area contributed by atoms with Crippen LogP contribution in [-0.4, -0.2) is 18.8 Å². The highest BCUT2D eigenvalue weighted by Gasteiger charge is 2.24. The molecule has 1 aromatic carbocycles. The van der Waals surface area contributed by atoms with Gasteiger partial charge in [-0.05, 0) is 66.0 Å². The first-order valence-corrected chi connectivity index (χ1v) is 7.78. The number of hydrogen-bond acceptors (Lipinski definition) is 2. The lowest BCUT2D eigenvalue weighted by atomic mass is 9.95. The van der Waals surface area contributed by atoms with Crippen molar-refractivity contribution in [1.82, 2.24) is 0 Å². The molecule has 1 aliphatic rings. The first kappa shape index (κ1) is 14.1. The minimum Gasteiger partial charge on any atom is -0.382 e. The topological polar surface area (TPSA) is 21.3 Å². The zero-order chi connectivity index (χ0) is 13.1. The van der Waals surface area contributed by atoms with Gasteiger partial charge in [-0.1, -0.05) is 19.9 Å². The van der Waals surface area contributed by atoms with Crippen molar-refractivity contribution >= 4 is 28.3 Å². The molecule has 0 saturated carbocycles. The van der Waals surface area contributed by atoms with Crippen LogP contribution >= 0.6 is 22.6 Å². The van der Waals surface area contributed by atoms with Crippen molar-refractivity contribution in [2.24, 2.45) is 5.92 Å². The molecule has 0 bridgehead atoms. The third-order valence-corrected chi connectivity index (χ3v) is 4.29. The van der Waals surface area contributed by atoms with Crippen LogP contribution in [0.5, 0.6) is 0 Å². The minimum absolute atomic E-state index is 0.402. The molecular formula is C15H22INO. The fraction of sp³-hybridized carbons (Fsp3) is 0.600. The first-order chi connectivity index (χ1) is 8.56. The lowest BCUT2D eigenvalue weighted by Gasteiger charge is -2.33. The standard InChI is InChI=1S/C15H22INO/c1-10(2)15-9-13(6-7-18-15)17-14-8-12(16)5-4-11(14)3/h4-5,8,10,13,15,17H,6-7,9H2,1-3H3. The summed E-state index contributed by atoms with van der Waals surface area (Å²) in [6, 6.07) is 7.12. The van der Waals surface area contributed by atoms with Gasteiger partial charge in [0.05, 0.1) is 6.10 Å². The van der Waals surface area contributed by atoms with Gasteiger partial charge >= 0.3 is 0 Å². The second-order valence-corrected chi connectivity index (χ2v) is 6.72. The Morgan fingerprint density at radius 3 is 2.89 bits per heavy atom. The molecule has 18 heavy (non-hydrogen) atoms. The molecule has 0 spiro atoms. The van der Waals surface area contributed by atoms with Crippen LogP contribution in [0.4, 0.5) is 5.69 Å². The van der Waals surface area contributed by atoms with Gasteiger partial charge in [0.25, 0.3) is 0 Å². The molecule has 100 valence electrons. The van der Waals surface area contributed by atoms with Crippen LogP contribution < -0.4 is 5.32 Å². The summed E-state index contributed by atoms with van der Waals surface area (Å²) in [6.45, 7) is 7.52. The van der Waals surface area contributed by atoms with Gasteiger partial charge in [-0.2, -0.15) is 0 Å². The van der Waals surface area contributed by atoms with E-state index in [1.807, 2.05) is 0 Å². The zero-order valence-electron chi connectivity index (χ0n) is 11.4. The van der Waals surface area contributed by atoms with Gasteiger partial charge in [0.2, 0.25) is 0 Å². The van der Waals surface area contributed by atoms with Gasteiger partial charge < -0.3 is 10.1 Å². The summed E-state index contributed by atoms with van der Waals surface area (Å²) in [6.07, 6.45) is 2.62. The van der Waals surface area contributed by atoms with Gasteiger partial charge in [-0.3, -0.25) is 0 Å². The summed E-state index contributed by atoms with van der Waals surface area (Å²) >= 11 is 2.37. The number of rotatable bonds is 3. The molecule has 1 aromatic rings. The predicted octanol–water partition coefficient (Wildman–Crippen LogP) is 4.22. The molecular weight excluding hydrogens is 337 g/mol. The molecule has 0 amide bonds. The van der Waals surface area contributed by atoms with Gasteiger partial charge in [0.1, 0.15) is 0 Å². The fourth-order valence-corrected chi connectivity index (χ4v) is 2.88. The average Bonchev–Trinajstić information content (AvgIpc) is 2.34. The van der Waals surface area contributed by atoms with Crippen molar-refractivity contribution in [3.63, 3.8) is 0 Å². The molecule has 1 heterocycles. The molecule has 0 aromatic heterocycles. The molecule has 1 fully saturated rings. The second-order valence-electron chi connectivity index (χ2n) is 5.48. The highest BCUT2D eigenvalue weighted by molar-refractivity contribution is 14.1. The molecule has 1 saturated heterocycles. The van der Waals surface area contributed by atoms with Crippen LogP contribution in [0.1, 0.15) is 32.3 Å². The molecule has 1 N–H and O–H groups in total. The van der Waals surface area contributed by atoms with Gasteiger partial charge in [0, 0.05) is 21.9 Å². The van der Waals surface area contributed by atoms with Crippen molar-refractivity contribution in [2.45, 2.75) is 45.8 Å². The van der Waals surface area contributed by atoms with E-state index in [-0.39, 0.29) is 0 Å². The third kappa shape index (κ3) is 3.60.